The normalized spacial score (nSPS) is 9.62. The van der Waals surface area contributed by atoms with Gasteiger partial charge in [-0.3, -0.25) is 9.97 Å². The molecule has 16 heavy (non-hydrogen) atoms. The molecule has 0 fully saturated rings. The van der Waals surface area contributed by atoms with Crippen LogP contribution in [0.1, 0.15) is 0 Å². The van der Waals surface area contributed by atoms with E-state index in [0.29, 0.717) is 5.82 Å². The topological polar surface area (TPSA) is 30.7 Å². The van der Waals surface area contributed by atoms with Crippen molar-refractivity contribution < 1.29 is 23.6 Å². The van der Waals surface area contributed by atoms with E-state index >= 15 is 0 Å². The first-order chi connectivity index (χ1) is 7.68. The van der Waals surface area contributed by atoms with Crippen LogP contribution in [0.2, 0.25) is 0 Å². The quantitative estimate of drug-likeness (QED) is 0.326. The Morgan fingerprint density at radius 3 is 2.62 bits per heavy atom. The molecule has 2 aromatic rings. The Bertz CT molecular complexity index is 476. The number of hydrogen-bond acceptors (Lipinski definition) is 2. The molecule has 80 valence electrons. The molecule has 2 heterocycles. The SMILES string of the molecule is Cn1ccnc1-c1[c-]cc(F)nc1F.[Zn+][I]. The van der Waals surface area contributed by atoms with Crippen molar-refractivity contribution in [2.24, 2.45) is 7.05 Å². The van der Waals surface area contributed by atoms with Crippen molar-refractivity contribution in [1.82, 2.24) is 14.5 Å². The summed E-state index contributed by atoms with van der Waals surface area (Å²) in [6, 6.07) is 3.43. The van der Waals surface area contributed by atoms with Crippen LogP contribution in [0.15, 0.2) is 18.5 Å². The zero-order chi connectivity index (χ0) is 12.1. The summed E-state index contributed by atoms with van der Waals surface area (Å²) in [5.74, 6) is -1.42. The number of halogens is 3. The number of aromatic nitrogens is 3. The number of rotatable bonds is 1. The van der Waals surface area contributed by atoms with Crippen LogP contribution in [0.4, 0.5) is 8.78 Å². The van der Waals surface area contributed by atoms with Crippen LogP contribution in [0.3, 0.4) is 0 Å². The van der Waals surface area contributed by atoms with Crippen LogP contribution < -0.4 is 0 Å². The summed E-state index contributed by atoms with van der Waals surface area (Å²) in [6.07, 6.45) is 3.18. The predicted octanol–water partition coefficient (Wildman–Crippen LogP) is 2.44. The van der Waals surface area contributed by atoms with Crippen LogP contribution in [0, 0.1) is 18.0 Å². The van der Waals surface area contributed by atoms with Crippen molar-refractivity contribution in [1.29, 1.82) is 0 Å². The van der Waals surface area contributed by atoms with E-state index in [1.807, 2.05) is 0 Å². The van der Waals surface area contributed by atoms with Crippen molar-refractivity contribution >= 4 is 19.8 Å². The van der Waals surface area contributed by atoms with Crippen LogP contribution >= 0.6 is 19.8 Å². The van der Waals surface area contributed by atoms with Gasteiger partial charge < -0.3 is 4.57 Å². The summed E-state index contributed by atoms with van der Waals surface area (Å²) in [5.41, 5.74) is 0.0684. The minimum atomic E-state index is -0.903. The van der Waals surface area contributed by atoms with Gasteiger partial charge in [-0.25, -0.2) is 8.78 Å². The monoisotopic (exact) mass is 385 g/mol. The zero-order valence-electron chi connectivity index (χ0n) is 8.41. The number of pyridine rings is 1. The van der Waals surface area contributed by atoms with Crippen molar-refractivity contribution in [3.8, 4) is 11.4 Å². The molecular formula is C9H6F2IN3Zn. The molecule has 0 bridgehead atoms. The van der Waals surface area contributed by atoms with Crippen LogP contribution in [0.5, 0.6) is 0 Å². The van der Waals surface area contributed by atoms with Crippen molar-refractivity contribution in [3.63, 3.8) is 0 Å². The molecule has 0 aliphatic heterocycles. The van der Waals surface area contributed by atoms with Gasteiger partial charge in [0.1, 0.15) is 11.9 Å². The van der Waals surface area contributed by atoms with Gasteiger partial charge in [0.2, 0.25) is 0 Å². The first-order valence-corrected chi connectivity index (χ1v) is 13.2. The summed E-state index contributed by atoms with van der Waals surface area (Å²) in [6.45, 7) is 0. The second kappa shape index (κ2) is 6.34. The van der Waals surface area contributed by atoms with Gasteiger partial charge in [0.25, 0.3) is 0 Å². The second-order valence-electron chi connectivity index (χ2n) is 2.75. The molecule has 0 atom stereocenters. The second-order valence-corrected chi connectivity index (χ2v) is 2.75. The maximum atomic E-state index is 13.2. The van der Waals surface area contributed by atoms with Gasteiger partial charge in [-0.15, -0.1) is 6.07 Å². The van der Waals surface area contributed by atoms with Crippen molar-refractivity contribution in [2.75, 3.05) is 0 Å². The Balaban J connectivity index is 0.000000606. The van der Waals surface area contributed by atoms with Crippen LogP contribution in [-0.4, -0.2) is 14.5 Å². The molecule has 0 aliphatic rings. The fourth-order valence-electron chi connectivity index (χ4n) is 1.14. The van der Waals surface area contributed by atoms with Gasteiger partial charge in [-0.05, 0) is 0 Å². The number of aryl methyl sites for hydroxylation is 1. The third-order valence-electron chi connectivity index (χ3n) is 1.79. The molecule has 0 aromatic carbocycles. The van der Waals surface area contributed by atoms with E-state index in [1.54, 1.807) is 17.8 Å². The first-order valence-electron chi connectivity index (χ1n) is 4.16. The molecule has 0 radical (unpaired) electrons. The zero-order valence-corrected chi connectivity index (χ0v) is 13.5. The molecule has 2 aromatic heterocycles. The maximum absolute atomic E-state index is 13.2. The average molecular weight is 386 g/mol. The predicted molar refractivity (Wildman–Crippen MR) is 59.2 cm³/mol. The van der Waals surface area contributed by atoms with Crippen molar-refractivity contribution in [3.05, 3.63) is 36.4 Å². The third-order valence-corrected chi connectivity index (χ3v) is 1.79. The van der Waals surface area contributed by atoms with E-state index in [4.69, 9.17) is 0 Å². The Morgan fingerprint density at radius 2 is 2.12 bits per heavy atom. The molecule has 0 saturated heterocycles. The Hall–Kier alpha value is -0.427. The summed E-state index contributed by atoms with van der Waals surface area (Å²) in [7, 11) is 1.71. The van der Waals surface area contributed by atoms with Gasteiger partial charge in [0.05, 0.1) is 5.82 Å². The molecule has 0 saturated carbocycles. The first kappa shape index (κ1) is 13.6. The number of hydrogen-bond donors (Lipinski definition) is 0. The van der Waals surface area contributed by atoms with Crippen LogP contribution in [-0.2, 0) is 21.8 Å². The summed E-state index contributed by atoms with van der Waals surface area (Å²) in [4.78, 5) is 6.96. The van der Waals surface area contributed by atoms with E-state index in [9.17, 15) is 8.78 Å². The van der Waals surface area contributed by atoms with E-state index in [1.165, 1.54) is 21.0 Å². The molecule has 7 heteroatoms. The Morgan fingerprint density at radius 1 is 1.44 bits per heavy atom. The molecule has 0 aliphatic carbocycles. The minimum absolute atomic E-state index is 0.0684. The molecule has 0 amide bonds. The fraction of sp³-hybridized carbons (Fsp3) is 0.111. The molecule has 0 unspecified atom stereocenters. The van der Waals surface area contributed by atoms with Gasteiger partial charge >= 0.3 is 34.5 Å². The number of nitrogens with zero attached hydrogens (tertiary/aromatic N) is 3. The van der Waals surface area contributed by atoms with Crippen LogP contribution in [0.25, 0.3) is 11.4 Å². The molecule has 3 nitrogen and oxygen atoms in total. The van der Waals surface area contributed by atoms with E-state index in [2.05, 4.69) is 35.8 Å². The van der Waals surface area contributed by atoms with Gasteiger partial charge in [0.15, 0.2) is 0 Å². The summed E-state index contributed by atoms with van der Waals surface area (Å²) < 4.78 is 27.2. The molecule has 0 N–H and O–H groups in total. The Labute approximate surface area is 112 Å². The van der Waals surface area contributed by atoms with Crippen molar-refractivity contribution in [2.45, 2.75) is 0 Å². The summed E-state index contributed by atoms with van der Waals surface area (Å²) in [5, 5.41) is 0. The van der Waals surface area contributed by atoms with E-state index in [0.717, 1.165) is 6.07 Å². The molecular weight excluding hydrogens is 380 g/mol. The molecule has 2 rings (SSSR count). The molecule has 0 spiro atoms. The summed E-state index contributed by atoms with van der Waals surface area (Å²) >= 11 is 3.62. The number of imidazole rings is 1. The average Bonchev–Trinajstić information content (AvgIpc) is 2.68. The van der Waals surface area contributed by atoms with E-state index < -0.39 is 11.9 Å². The van der Waals surface area contributed by atoms with Gasteiger partial charge in [-0.1, -0.05) is 11.6 Å². The van der Waals surface area contributed by atoms with E-state index in [-0.39, 0.29) is 5.56 Å². The fourth-order valence-corrected chi connectivity index (χ4v) is 1.14. The van der Waals surface area contributed by atoms with Gasteiger partial charge in [0, 0.05) is 19.4 Å². The Kier molecular flexibility index (Phi) is 5.41. The van der Waals surface area contributed by atoms with Gasteiger partial charge in [-0.2, -0.15) is 0 Å². The standard InChI is InChI=1S/C9H6F2N3.HI.Zn/c1-14-5-4-12-9(14)6-2-3-7(10)13-8(6)11;;/h3-5H,1H3;1H;/q-1;;+2/p-1. The third kappa shape index (κ3) is 3.04.